The molecule has 108 valence electrons. The number of methoxy groups -OCH3 is 1. The number of carbonyl (C=O) groups excluding carboxylic acids is 1. The van der Waals surface area contributed by atoms with E-state index in [-0.39, 0.29) is 12.5 Å². The standard InChI is InChI=1S/C16H15NO3S/c1-11-9-21-10-13(11)16(19)17-14-8-12(4-3-7-18)5-6-15(14)20-2/h5-6,8-10,18H,7H2,1-2H3,(H,17,19). The average molecular weight is 301 g/mol. The molecule has 0 bridgehead atoms. The highest BCUT2D eigenvalue weighted by Gasteiger charge is 2.13. The molecule has 2 aromatic rings. The van der Waals surface area contributed by atoms with Gasteiger partial charge in [-0.05, 0) is 36.1 Å². The molecule has 0 saturated heterocycles. The molecule has 0 spiro atoms. The Balaban J connectivity index is 2.29. The third kappa shape index (κ3) is 3.63. The number of aliphatic hydroxyl groups excluding tert-OH is 1. The smallest absolute Gasteiger partial charge is 0.256 e. The highest BCUT2D eigenvalue weighted by atomic mass is 32.1. The summed E-state index contributed by atoms with van der Waals surface area (Å²) >= 11 is 1.49. The van der Waals surface area contributed by atoms with Gasteiger partial charge in [-0.1, -0.05) is 11.8 Å². The summed E-state index contributed by atoms with van der Waals surface area (Å²) in [7, 11) is 1.54. The SMILES string of the molecule is COc1ccc(C#CCO)cc1NC(=O)c1cscc1C. The predicted molar refractivity (Wildman–Crippen MR) is 84.0 cm³/mol. The van der Waals surface area contributed by atoms with Crippen LogP contribution in [0, 0.1) is 18.8 Å². The van der Waals surface area contributed by atoms with Crippen LogP contribution in [0.2, 0.25) is 0 Å². The first-order valence-electron chi connectivity index (χ1n) is 6.27. The van der Waals surface area contributed by atoms with Crippen molar-refractivity contribution < 1.29 is 14.6 Å². The van der Waals surface area contributed by atoms with E-state index in [4.69, 9.17) is 9.84 Å². The van der Waals surface area contributed by atoms with Crippen molar-refractivity contribution in [3.05, 3.63) is 45.6 Å². The van der Waals surface area contributed by atoms with E-state index in [1.807, 2.05) is 17.7 Å². The van der Waals surface area contributed by atoms with Crippen LogP contribution in [0.5, 0.6) is 5.75 Å². The Hall–Kier alpha value is -2.29. The van der Waals surface area contributed by atoms with E-state index < -0.39 is 0 Å². The summed E-state index contributed by atoms with van der Waals surface area (Å²) in [6.07, 6.45) is 0. The molecular weight excluding hydrogens is 286 g/mol. The van der Waals surface area contributed by atoms with E-state index in [0.29, 0.717) is 22.6 Å². The average Bonchev–Trinajstić information content (AvgIpc) is 2.91. The minimum absolute atomic E-state index is 0.181. The third-order valence-corrected chi connectivity index (χ3v) is 3.72. The normalized spacial score (nSPS) is 9.67. The van der Waals surface area contributed by atoms with Crippen molar-refractivity contribution in [2.75, 3.05) is 19.0 Å². The topological polar surface area (TPSA) is 58.6 Å². The van der Waals surface area contributed by atoms with Crippen molar-refractivity contribution in [3.8, 4) is 17.6 Å². The maximum atomic E-state index is 12.3. The van der Waals surface area contributed by atoms with Gasteiger partial charge in [-0.2, -0.15) is 11.3 Å². The van der Waals surface area contributed by atoms with Gasteiger partial charge in [-0.3, -0.25) is 4.79 Å². The Morgan fingerprint density at radius 1 is 1.43 bits per heavy atom. The molecule has 0 fully saturated rings. The highest BCUT2D eigenvalue weighted by molar-refractivity contribution is 7.08. The van der Waals surface area contributed by atoms with E-state index in [1.165, 1.54) is 11.3 Å². The molecule has 4 nitrogen and oxygen atoms in total. The van der Waals surface area contributed by atoms with Gasteiger partial charge in [0.15, 0.2) is 0 Å². The van der Waals surface area contributed by atoms with Crippen molar-refractivity contribution >= 4 is 22.9 Å². The van der Waals surface area contributed by atoms with Gasteiger partial charge in [0, 0.05) is 10.9 Å². The summed E-state index contributed by atoms with van der Waals surface area (Å²) in [5.74, 6) is 5.75. The maximum absolute atomic E-state index is 12.3. The Bertz CT molecular complexity index is 710. The summed E-state index contributed by atoms with van der Waals surface area (Å²) in [5, 5.41) is 15.3. The van der Waals surface area contributed by atoms with E-state index in [2.05, 4.69) is 17.2 Å². The number of anilines is 1. The zero-order chi connectivity index (χ0) is 15.2. The second-order valence-corrected chi connectivity index (χ2v) is 5.04. The fourth-order valence-electron chi connectivity index (χ4n) is 1.81. The number of thiophene rings is 1. The molecular formula is C16H15NO3S. The van der Waals surface area contributed by atoms with Crippen LogP contribution in [-0.2, 0) is 0 Å². The van der Waals surface area contributed by atoms with Crippen LogP contribution in [0.4, 0.5) is 5.69 Å². The second-order valence-electron chi connectivity index (χ2n) is 4.30. The van der Waals surface area contributed by atoms with Crippen molar-refractivity contribution in [2.45, 2.75) is 6.92 Å². The van der Waals surface area contributed by atoms with Crippen LogP contribution < -0.4 is 10.1 Å². The zero-order valence-corrected chi connectivity index (χ0v) is 12.6. The number of hydrogen-bond acceptors (Lipinski definition) is 4. The highest BCUT2D eigenvalue weighted by Crippen LogP contribution is 2.26. The van der Waals surface area contributed by atoms with E-state index in [1.54, 1.807) is 25.3 Å². The molecule has 0 atom stereocenters. The first-order chi connectivity index (χ1) is 10.2. The lowest BCUT2D eigenvalue weighted by molar-refractivity contribution is 0.102. The van der Waals surface area contributed by atoms with Gasteiger partial charge in [0.1, 0.15) is 12.4 Å². The van der Waals surface area contributed by atoms with Crippen LogP contribution in [0.25, 0.3) is 0 Å². The summed E-state index contributed by atoms with van der Waals surface area (Å²) < 4.78 is 5.24. The molecule has 0 aliphatic carbocycles. The first-order valence-corrected chi connectivity index (χ1v) is 7.22. The number of ether oxygens (including phenoxy) is 1. The largest absolute Gasteiger partial charge is 0.495 e. The van der Waals surface area contributed by atoms with Crippen LogP contribution in [0.15, 0.2) is 29.0 Å². The molecule has 0 aliphatic heterocycles. The van der Waals surface area contributed by atoms with E-state index >= 15 is 0 Å². The predicted octanol–water partition coefficient (Wildman–Crippen LogP) is 2.66. The summed E-state index contributed by atoms with van der Waals surface area (Å²) in [6.45, 7) is 1.69. The molecule has 21 heavy (non-hydrogen) atoms. The van der Waals surface area contributed by atoms with Crippen molar-refractivity contribution in [1.29, 1.82) is 0 Å². The Kier molecular flexibility index (Phi) is 4.99. The molecule has 0 unspecified atom stereocenters. The van der Waals surface area contributed by atoms with E-state index in [0.717, 1.165) is 5.56 Å². The Labute approximate surface area is 127 Å². The van der Waals surface area contributed by atoms with Crippen molar-refractivity contribution in [1.82, 2.24) is 0 Å². The molecule has 0 aliphatic rings. The number of benzene rings is 1. The van der Waals surface area contributed by atoms with Gasteiger partial charge in [0.25, 0.3) is 5.91 Å². The Morgan fingerprint density at radius 3 is 2.86 bits per heavy atom. The van der Waals surface area contributed by atoms with Crippen LogP contribution >= 0.6 is 11.3 Å². The van der Waals surface area contributed by atoms with E-state index in [9.17, 15) is 4.79 Å². The van der Waals surface area contributed by atoms with Gasteiger partial charge in [0.2, 0.25) is 0 Å². The fraction of sp³-hybridized carbons (Fsp3) is 0.188. The number of rotatable bonds is 3. The number of aryl methyl sites for hydroxylation is 1. The number of aliphatic hydroxyl groups is 1. The quantitative estimate of drug-likeness (QED) is 0.857. The first kappa shape index (κ1) is 15.1. The molecule has 5 heteroatoms. The van der Waals surface area contributed by atoms with Crippen molar-refractivity contribution in [2.24, 2.45) is 0 Å². The van der Waals surface area contributed by atoms with Gasteiger partial charge in [-0.25, -0.2) is 0 Å². The molecule has 1 heterocycles. The van der Waals surface area contributed by atoms with Crippen LogP contribution in [-0.4, -0.2) is 24.7 Å². The second kappa shape index (κ2) is 6.93. The lowest BCUT2D eigenvalue weighted by Crippen LogP contribution is -2.13. The van der Waals surface area contributed by atoms with Gasteiger partial charge in [-0.15, -0.1) is 0 Å². The summed E-state index contributed by atoms with van der Waals surface area (Å²) in [6, 6.07) is 5.23. The third-order valence-electron chi connectivity index (χ3n) is 2.86. The van der Waals surface area contributed by atoms with Gasteiger partial charge >= 0.3 is 0 Å². The van der Waals surface area contributed by atoms with Crippen LogP contribution in [0.1, 0.15) is 21.5 Å². The zero-order valence-electron chi connectivity index (χ0n) is 11.8. The molecule has 0 saturated carbocycles. The summed E-state index contributed by atoms with van der Waals surface area (Å²) in [5.41, 5.74) is 2.83. The number of nitrogens with one attached hydrogen (secondary N) is 1. The molecule has 1 amide bonds. The molecule has 1 aromatic carbocycles. The number of amides is 1. The number of carbonyl (C=O) groups is 1. The number of hydrogen-bond donors (Lipinski definition) is 2. The maximum Gasteiger partial charge on any atom is 0.256 e. The monoisotopic (exact) mass is 301 g/mol. The lowest BCUT2D eigenvalue weighted by atomic mass is 10.1. The summed E-state index contributed by atoms with van der Waals surface area (Å²) in [4.78, 5) is 12.3. The Morgan fingerprint density at radius 2 is 2.24 bits per heavy atom. The lowest BCUT2D eigenvalue weighted by Gasteiger charge is -2.10. The molecule has 1 aromatic heterocycles. The minimum atomic E-state index is -0.207. The minimum Gasteiger partial charge on any atom is -0.495 e. The van der Waals surface area contributed by atoms with Gasteiger partial charge in [0.05, 0.1) is 18.4 Å². The van der Waals surface area contributed by atoms with Crippen LogP contribution in [0.3, 0.4) is 0 Å². The molecule has 2 rings (SSSR count). The van der Waals surface area contributed by atoms with Crippen molar-refractivity contribution in [3.63, 3.8) is 0 Å². The molecule has 0 radical (unpaired) electrons. The fourth-order valence-corrected chi connectivity index (χ4v) is 2.64. The molecule has 2 N–H and O–H groups in total. The van der Waals surface area contributed by atoms with Gasteiger partial charge < -0.3 is 15.2 Å².